The molecule has 1 N–H and O–H groups in total. The monoisotopic (exact) mass is 235 g/mol. The molecule has 5 heteroatoms. The Hall–Kier alpha value is -2.14. The van der Waals surface area contributed by atoms with Crippen LogP contribution in [0.15, 0.2) is 43.0 Å². The predicted octanol–water partition coefficient (Wildman–Crippen LogP) is 0.697. The van der Waals surface area contributed by atoms with E-state index in [1.165, 1.54) is 0 Å². The van der Waals surface area contributed by atoms with Crippen molar-refractivity contribution in [1.29, 1.82) is 0 Å². The largest absolute Gasteiger partial charge is 0.466 e. The Morgan fingerprint density at radius 1 is 1.41 bits per heavy atom. The first-order valence-corrected chi connectivity index (χ1v) is 4.88. The number of methoxy groups -OCH3 is 1. The van der Waals surface area contributed by atoms with Gasteiger partial charge in [-0.25, -0.2) is 4.79 Å². The number of carbonyl (C=O) groups excluding carboxylic acids is 2. The van der Waals surface area contributed by atoms with Crippen molar-refractivity contribution in [3.63, 3.8) is 0 Å². The van der Waals surface area contributed by atoms with Crippen LogP contribution >= 0.6 is 0 Å². The van der Waals surface area contributed by atoms with E-state index in [4.69, 9.17) is 0 Å². The van der Waals surface area contributed by atoms with Crippen LogP contribution < -0.4 is 4.90 Å². The summed E-state index contributed by atoms with van der Waals surface area (Å²) in [7, 11) is 1.13. The minimum absolute atomic E-state index is 0.385. The lowest BCUT2D eigenvalue weighted by atomic mass is 10.2. The number of hydrogen-bond acceptors (Lipinski definition) is 4. The van der Waals surface area contributed by atoms with Gasteiger partial charge in [-0.05, 0) is 18.2 Å². The van der Waals surface area contributed by atoms with Crippen LogP contribution in [0.25, 0.3) is 0 Å². The van der Waals surface area contributed by atoms with Crippen molar-refractivity contribution in [3.8, 4) is 0 Å². The van der Waals surface area contributed by atoms with Gasteiger partial charge in [0.05, 0.1) is 7.11 Å². The summed E-state index contributed by atoms with van der Waals surface area (Å²) in [6.07, 6.45) is -0.674. The second-order valence-corrected chi connectivity index (χ2v) is 3.14. The molecule has 5 nitrogen and oxygen atoms in total. The number of esters is 1. The molecule has 0 saturated carbocycles. The lowest BCUT2D eigenvalue weighted by molar-refractivity contribution is -0.151. The Kier molecular flexibility index (Phi) is 4.42. The van der Waals surface area contributed by atoms with E-state index in [0.29, 0.717) is 5.69 Å². The van der Waals surface area contributed by atoms with Gasteiger partial charge in [0.25, 0.3) is 5.91 Å². The van der Waals surface area contributed by atoms with Crippen molar-refractivity contribution >= 4 is 17.6 Å². The Bertz CT molecular complexity index is 416. The van der Waals surface area contributed by atoms with Crippen LogP contribution in [0.3, 0.4) is 0 Å². The molecule has 0 aromatic heterocycles. The van der Waals surface area contributed by atoms with Crippen molar-refractivity contribution in [2.75, 3.05) is 12.0 Å². The van der Waals surface area contributed by atoms with Gasteiger partial charge in [0.2, 0.25) is 6.23 Å². The fraction of sp³-hybridized carbons (Fsp3) is 0.167. The zero-order valence-corrected chi connectivity index (χ0v) is 9.37. The average Bonchev–Trinajstić information content (AvgIpc) is 2.38. The highest BCUT2D eigenvalue weighted by Gasteiger charge is 2.28. The highest BCUT2D eigenvalue weighted by molar-refractivity contribution is 6.04. The number of hydrogen-bond donors (Lipinski definition) is 1. The predicted molar refractivity (Wildman–Crippen MR) is 62.1 cm³/mol. The van der Waals surface area contributed by atoms with Gasteiger partial charge in [-0.2, -0.15) is 0 Å². The van der Waals surface area contributed by atoms with Gasteiger partial charge in [-0.3, -0.25) is 9.69 Å². The summed E-state index contributed by atoms with van der Waals surface area (Å²) in [5.74, 6) is -1.50. The zero-order chi connectivity index (χ0) is 12.8. The normalized spacial score (nSPS) is 11.4. The number of anilines is 1. The smallest absolute Gasteiger partial charge is 0.356 e. The van der Waals surface area contributed by atoms with Crippen molar-refractivity contribution in [2.24, 2.45) is 0 Å². The highest BCUT2D eigenvalue weighted by atomic mass is 16.5. The zero-order valence-electron chi connectivity index (χ0n) is 9.37. The summed E-state index contributed by atoms with van der Waals surface area (Å²) in [5.41, 5.74) is 0.385. The molecule has 0 radical (unpaired) electrons. The fourth-order valence-corrected chi connectivity index (χ4v) is 1.29. The van der Waals surface area contributed by atoms with Crippen molar-refractivity contribution < 1.29 is 19.4 Å². The summed E-state index contributed by atoms with van der Waals surface area (Å²) >= 11 is 0. The number of aliphatic hydroxyl groups excluding tert-OH is 1. The van der Waals surface area contributed by atoms with E-state index in [0.717, 1.165) is 18.1 Å². The molecular formula is C12H13NO4. The summed E-state index contributed by atoms with van der Waals surface area (Å²) < 4.78 is 4.39. The van der Waals surface area contributed by atoms with Crippen LogP contribution in [0, 0.1) is 0 Å². The second kappa shape index (κ2) is 5.81. The van der Waals surface area contributed by atoms with Crippen molar-refractivity contribution in [1.82, 2.24) is 0 Å². The molecule has 1 atom stereocenters. The van der Waals surface area contributed by atoms with E-state index in [1.807, 2.05) is 0 Å². The lowest BCUT2D eigenvalue weighted by Gasteiger charge is -2.24. The molecule has 0 heterocycles. The summed E-state index contributed by atoms with van der Waals surface area (Å²) in [5, 5.41) is 9.72. The Morgan fingerprint density at radius 3 is 2.47 bits per heavy atom. The molecule has 0 aliphatic rings. The van der Waals surface area contributed by atoms with E-state index in [1.54, 1.807) is 30.3 Å². The summed E-state index contributed by atoms with van der Waals surface area (Å²) in [4.78, 5) is 23.8. The molecular weight excluding hydrogens is 222 g/mol. The van der Waals surface area contributed by atoms with Crippen LogP contribution in [0.5, 0.6) is 0 Å². The third kappa shape index (κ3) is 2.92. The molecule has 0 bridgehead atoms. The maximum absolute atomic E-state index is 11.6. The molecule has 1 amide bonds. The minimum atomic E-state index is -1.69. The van der Waals surface area contributed by atoms with Gasteiger partial charge in [-0.15, -0.1) is 0 Å². The quantitative estimate of drug-likeness (QED) is 0.474. The number of amides is 1. The van der Waals surface area contributed by atoms with E-state index in [-0.39, 0.29) is 0 Å². The van der Waals surface area contributed by atoms with Crippen molar-refractivity contribution in [3.05, 3.63) is 43.0 Å². The van der Waals surface area contributed by atoms with Crippen LogP contribution in [-0.4, -0.2) is 30.3 Å². The molecule has 0 saturated heterocycles. The van der Waals surface area contributed by atoms with E-state index in [9.17, 15) is 14.7 Å². The highest BCUT2D eigenvalue weighted by Crippen LogP contribution is 2.16. The molecule has 1 unspecified atom stereocenters. The van der Waals surface area contributed by atoms with Gasteiger partial charge < -0.3 is 9.84 Å². The number of benzene rings is 1. The average molecular weight is 235 g/mol. The van der Waals surface area contributed by atoms with Crippen LogP contribution in [-0.2, 0) is 14.3 Å². The Balaban J connectivity index is 3.09. The molecule has 0 fully saturated rings. The third-order valence-corrected chi connectivity index (χ3v) is 2.10. The van der Waals surface area contributed by atoms with E-state index < -0.39 is 18.1 Å². The first-order chi connectivity index (χ1) is 8.11. The number of ether oxygens (including phenoxy) is 1. The Morgan fingerprint density at radius 2 is 2.00 bits per heavy atom. The van der Waals surface area contributed by atoms with E-state index >= 15 is 0 Å². The molecule has 0 aliphatic carbocycles. The molecule has 1 aromatic carbocycles. The topological polar surface area (TPSA) is 66.8 Å². The van der Waals surface area contributed by atoms with Crippen molar-refractivity contribution in [2.45, 2.75) is 6.23 Å². The number of para-hydroxylation sites is 1. The Labute approximate surface area is 98.9 Å². The van der Waals surface area contributed by atoms with Crippen LogP contribution in [0.1, 0.15) is 0 Å². The number of rotatable bonds is 4. The maximum atomic E-state index is 11.6. The van der Waals surface area contributed by atoms with E-state index in [2.05, 4.69) is 11.3 Å². The molecule has 90 valence electrons. The second-order valence-electron chi connectivity index (χ2n) is 3.14. The first-order valence-electron chi connectivity index (χ1n) is 4.88. The number of nitrogens with zero attached hydrogens (tertiary/aromatic N) is 1. The lowest BCUT2D eigenvalue weighted by Crippen LogP contribution is -2.45. The standard InChI is InChI=1S/C12H13NO4/c1-3-10(14)13(11(15)12(16)17-2)9-7-5-4-6-8-9/h3-8,11,15H,1H2,2H3. The third-order valence-electron chi connectivity index (χ3n) is 2.10. The molecule has 1 aromatic rings. The number of carbonyl (C=O) groups is 2. The minimum Gasteiger partial charge on any atom is -0.466 e. The molecule has 17 heavy (non-hydrogen) atoms. The maximum Gasteiger partial charge on any atom is 0.356 e. The van der Waals surface area contributed by atoms with Crippen LogP contribution in [0.2, 0.25) is 0 Å². The SMILES string of the molecule is C=CC(=O)N(c1ccccc1)C(O)C(=O)OC. The van der Waals surface area contributed by atoms with Gasteiger partial charge in [0.15, 0.2) is 0 Å². The van der Waals surface area contributed by atoms with Gasteiger partial charge in [0, 0.05) is 5.69 Å². The first kappa shape index (κ1) is 12.9. The molecule has 0 spiro atoms. The van der Waals surface area contributed by atoms with Gasteiger partial charge >= 0.3 is 5.97 Å². The summed E-state index contributed by atoms with van der Waals surface area (Å²) in [6.45, 7) is 3.32. The fourth-order valence-electron chi connectivity index (χ4n) is 1.29. The number of aliphatic hydroxyl groups is 1. The summed E-state index contributed by atoms with van der Waals surface area (Å²) in [6, 6.07) is 8.30. The van der Waals surface area contributed by atoms with Crippen LogP contribution in [0.4, 0.5) is 5.69 Å². The molecule has 0 aliphatic heterocycles. The molecule has 1 rings (SSSR count). The van der Waals surface area contributed by atoms with Gasteiger partial charge in [0.1, 0.15) is 0 Å². The van der Waals surface area contributed by atoms with Gasteiger partial charge in [-0.1, -0.05) is 24.8 Å².